The average molecular weight is 345 g/mol. The Bertz CT molecular complexity index is 620. The smallest absolute Gasteiger partial charge is 0.223 e. The molecule has 3 aliphatic rings. The Morgan fingerprint density at radius 1 is 1.20 bits per heavy atom. The molecule has 0 unspecified atom stereocenters. The molecule has 0 aromatic carbocycles. The summed E-state index contributed by atoms with van der Waals surface area (Å²) in [6.07, 6.45) is 10.2. The van der Waals surface area contributed by atoms with E-state index >= 15 is 0 Å². The van der Waals surface area contributed by atoms with Crippen molar-refractivity contribution < 1.29 is 9.47 Å². The average Bonchev–Trinajstić information content (AvgIpc) is 2.60. The number of nitrogens with zero attached hydrogens (tertiary/aromatic N) is 2. The lowest BCUT2D eigenvalue weighted by Crippen LogP contribution is -2.64. The van der Waals surface area contributed by atoms with Gasteiger partial charge in [-0.3, -0.25) is 0 Å². The van der Waals surface area contributed by atoms with E-state index < -0.39 is 0 Å². The summed E-state index contributed by atoms with van der Waals surface area (Å²) >= 11 is 0. The van der Waals surface area contributed by atoms with Gasteiger partial charge in [0.25, 0.3) is 0 Å². The summed E-state index contributed by atoms with van der Waals surface area (Å²) in [5, 5.41) is 3.65. The molecule has 0 amide bonds. The van der Waals surface area contributed by atoms with Crippen molar-refractivity contribution in [2.75, 3.05) is 18.5 Å². The van der Waals surface area contributed by atoms with Crippen molar-refractivity contribution >= 4 is 5.95 Å². The zero-order chi connectivity index (χ0) is 17.5. The minimum absolute atomic E-state index is 0.108. The summed E-state index contributed by atoms with van der Waals surface area (Å²) in [6.45, 7) is 8.09. The van der Waals surface area contributed by atoms with Crippen LogP contribution in [0.15, 0.2) is 6.20 Å². The van der Waals surface area contributed by atoms with Crippen molar-refractivity contribution in [3.05, 3.63) is 17.5 Å². The van der Waals surface area contributed by atoms with Crippen LogP contribution in [-0.4, -0.2) is 40.9 Å². The number of rotatable bonds is 3. The van der Waals surface area contributed by atoms with Crippen molar-refractivity contribution in [2.45, 2.75) is 83.5 Å². The van der Waals surface area contributed by atoms with Crippen LogP contribution >= 0.6 is 0 Å². The molecule has 1 saturated carbocycles. The predicted molar refractivity (Wildman–Crippen MR) is 97.8 cm³/mol. The molecule has 2 fully saturated rings. The first-order valence-corrected chi connectivity index (χ1v) is 9.83. The Morgan fingerprint density at radius 3 is 2.72 bits per heavy atom. The van der Waals surface area contributed by atoms with E-state index in [9.17, 15) is 0 Å². The van der Waals surface area contributed by atoms with Crippen LogP contribution in [0.2, 0.25) is 0 Å². The van der Waals surface area contributed by atoms with Gasteiger partial charge in [-0.25, -0.2) is 9.97 Å². The van der Waals surface area contributed by atoms with Gasteiger partial charge in [-0.2, -0.15) is 0 Å². The van der Waals surface area contributed by atoms with E-state index in [0.717, 1.165) is 51.3 Å². The molecular formula is C20H31N3O2. The van der Waals surface area contributed by atoms with Crippen molar-refractivity contribution in [1.82, 2.24) is 9.97 Å². The molecule has 0 bridgehead atoms. The van der Waals surface area contributed by atoms with E-state index in [1.54, 1.807) is 0 Å². The van der Waals surface area contributed by atoms with Gasteiger partial charge in [0.05, 0.1) is 11.7 Å². The molecule has 2 heterocycles. The fourth-order valence-electron chi connectivity index (χ4n) is 4.66. The third-order valence-corrected chi connectivity index (χ3v) is 6.07. The lowest BCUT2D eigenvalue weighted by Gasteiger charge is -2.58. The molecule has 1 N–H and O–H groups in total. The second-order valence-corrected chi connectivity index (χ2v) is 8.87. The molecule has 5 nitrogen and oxygen atoms in total. The van der Waals surface area contributed by atoms with Gasteiger partial charge in [-0.15, -0.1) is 0 Å². The third kappa shape index (κ3) is 3.41. The van der Waals surface area contributed by atoms with Gasteiger partial charge in [0.2, 0.25) is 5.95 Å². The summed E-state index contributed by atoms with van der Waals surface area (Å²) in [5.41, 5.74) is 2.63. The normalized spacial score (nSPS) is 28.3. The molecule has 2 atom stereocenters. The molecule has 2 aliphatic carbocycles. The van der Waals surface area contributed by atoms with Crippen LogP contribution in [0.5, 0.6) is 0 Å². The van der Waals surface area contributed by atoms with E-state index in [1.807, 2.05) is 6.20 Å². The lowest BCUT2D eigenvalue weighted by atomic mass is 9.57. The second kappa shape index (κ2) is 6.51. The maximum Gasteiger partial charge on any atom is 0.223 e. The Balaban J connectivity index is 1.50. The Kier molecular flexibility index (Phi) is 4.49. The largest absolute Gasteiger partial charge is 0.381 e. The van der Waals surface area contributed by atoms with Gasteiger partial charge in [0.15, 0.2) is 0 Å². The molecule has 0 radical (unpaired) electrons. The minimum Gasteiger partial charge on any atom is -0.381 e. The van der Waals surface area contributed by atoms with Crippen LogP contribution in [0, 0.1) is 5.41 Å². The topological polar surface area (TPSA) is 56.3 Å². The fraction of sp³-hybridized carbons (Fsp3) is 0.800. The highest BCUT2D eigenvalue weighted by molar-refractivity contribution is 5.35. The van der Waals surface area contributed by atoms with Crippen LogP contribution in [0.25, 0.3) is 0 Å². The highest BCUT2D eigenvalue weighted by Crippen LogP contribution is 2.52. The number of fused-ring (bicyclic) bond motifs is 1. The van der Waals surface area contributed by atoms with Crippen LogP contribution in [0.3, 0.4) is 0 Å². The van der Waals surface area contributed by atoms with Crippen LogP contribution in [0.1, 0.15) is 64.1 Å². The Labute approximate surface area is 150 Å². The highest BCUT2D eigenvalue weighted by atomic mass is 16.5. The van der Waals surface area contributed by atoms with Gasteiger partial charge in [-0.1, -0.05) is 0 Å². The van der Waals surface area contributed by atoms with E-state index in [1.165, 1.54) is 24.1 Å². The highest BCUT2D eigenvalue weighted by Gasteiger charge is 2.57. The lowest BCUT2D eigenvalue weighted by molar-refractivity contribution is -0.201. The minimum atomic E-state index is -0.108. The van der Waals surface area contributed by atoms with Crippen LogP contribution in [0.4, 0.5) is 5.95 Å². The maximum atomic E-state index is 6.39. The molecule has 138 valence electrons. The van der Waals surface area contributed by atoms with Crippen LogP contribution < -0.4 is 5.32 Å². The molecule has 1 saturated heterocycles. The summed E-state index contributed by atoms with van der Waals surface area (Å²) < 4.78 is 12.0. The molecule has 1 spiro atoms. The number of hydrogen-bond acceptors (Lipinski definition) is 5. The van der Waals surface area contributed by atoms with Crippen LogP contribution in [-0.2, 0) is 22.3 Å². The van der Waals surface area contributed by atoms with E-state index in [0.29, 0.717) is 12.1 Å². The zero-order valence-corrected chi connectivity index (χ0v) is 15.8. The number of aromatic nitrogens is 2. The van der Waals surface area contributed by atoms with Gasteiger partial charge >= 0.3 is 0 Å². The molecule has 4 rings (SSSR count). The standard InChI is InChI=1S/C20H31N3O2/c1-19(2,3)25-17-12-16(20(17)8-10-24-11-9-20)23-18-21-13-14-6-4-5-7-15(14)22-18/h13,16-17H,4-12H2,1-3H3,(H,21,22,23)/t16-,17-/m1/s1. The second-order valence-electron chi connectivity index (χ2n) is 8.87. The molecule has 5 heteroatoms. The van der Waals surface area contributed by atoms with E-state index in [-0.39, 0.29) is 11.0 Å². The summed E-state index contributed by atoms with van der Waals surface area (Å²) in [7, 11) is 0. The predicted octanol–water partition coefficient (Wildman–Crippen LogP) is 3.52. The van der Waals surface area contributed by atoms with Gasteiger partial charge < -0.3 is 14.8 Å². The monoisotopic (exact) mass is 345 g/mol. The first kappa shape index (κ1) is 17.2. The first-order chi connectivity index (χ1) is 12.0. The summed E-state index contributed by atoms with van der Waals surface area (Å²) in [5.74, 6) is 0.797. The van der Waals surface area contributed by atoms with Crippen molar-refractivity contribution in [3.8, 4) is 0 Å². The number of aryl methyl sites for hydroxylation is 2. The fourth-order valence-corrected chi connectivity index (χ4v) is 4.66. The van der Waals surface area contributed by atoms with Crippen molar-refractivity contribution in [3.63, 3.8) is 0 Å². The van der Waals surface area contributed by atoms with Gasteiger partial charge in [-0.05, 0) is 71.3 Å². The van der Waals surface area contributed by atoms with Gasteiger partial charge in [0.1, 0.15) is 0 Å². The van der Waals surface area contributed by atoms with Crippen molar-refractivity contribution in [2.24, 2.45) is 5.41 Å². The number of anilines is 1. The quantitative estimate of drug-likeness (QED) is 0.908. The SMILES string of the molecule is CC(C)(C)O[C@@H]1C[C@@H](Nc2ncc3c(n2)CCCC3)C12CCOCC2. The maximum absolute atomic E-state index is 6.39. The molecule has 1 aromatic heterocycles. The summed E-state index contributed by atoms with van der Waals surface area (Å²) in [6, 6.07) is 0.380. The molecular weight excluding hydrogens is 314 g/mol. The molecule has 1 aliphatic heterocycles. The van der Waals surface area contributed by atoms with E-state index in [4.69, 9.17) is 14.5 Å². The molecule has 25 heavy (non-hydrogen) atoms. The van der Waals surface area contributed by atoms with E-state index in [2.05, 4.69) is 31.1 Å². The zero-order valence-electron chi connectivity index (χ0n) is 15.8. The summed E-state index contributed by atoms with van der Waals surface area (Å²) in [4.78, 5) is 9.42. The third-order valence-electron chi connectivity index (χ3n) is 6.07. The number of ether oxygens (including phenoxy) is 2. The number of nitrogens with one attached hydrogen (secondary N) is 1. The van der Waals surface area contributed by atoms with Crippen molar-refractivity contribution in [1.29, 1.82) is 0 Å². The Morgan fingerprint density at radius 2 is 1.96 bits per heavy atom. The first-order valence-electron chi connectivity index (χ1n) is 9.83. The molecule has 1 aromatic rings. The number of hydrogen-bond donors (Lipinski definition) is 1. The Hall–Kier alpha value is -1.20. The van der Waals surface area contributed by atoms with Gasteiger partial charge in [0, 0.05) is 36.6 Å².